The zero-order chi connectivity index (χ0) is 17.2. The number of H-pyrrole nitrogens is 1. The molecule has 0 saturated heterocycles. The Morgan fingerprint density at radius 3 is 2.16 bits per heavy atom. The number of aromatic amines is 1. The average molecular weight is 384 g/mol. The molecule has 0 saturated carbocycles. The number of hydrogen-bond donors (Lipinski definition) is 2. The molecule has 0 bridgehead atoms. The maximum atomic E-state index is 11.8. The van der Waals surface area contributed by atoms with Gasteiger partial charge in [0.25, 0.3) is 5.91 Å². The van der Waals surface area contributed by atoms with Crippen LogP contribution in [0.3, 0.4) is 0 Å². The van der Waals surface area contributed by atoms with Gasteiger partial charge in [-0.05, 0) is 24.3 Å². The number of carbonyl (C=O) groups excluding carboxylic acids is 1. The molecule has 4 rings (SSSR count). The molecule has 0 radical (unpaired) electrons. The Balaban J connectivity index is 1.73. The number of primary amides is 1. The van der Waals surface area contributed by atoms with Crippen LogP contribution in [0.1, 0.15) is 10.5 Å². The van der Waals surface area contributed by atoms with Crippen LogP contribution in [-0.2, 0) is 0 Å². The first-order valence-electron chi connectivity index (χ1n) is 7.49. The normalized spacial score (nSPS) is 11.0. The minimum Gasteiger partial charge on any atom is -0.364 e. The monoisotopic (exact) mass is 383 g/mol. The van der Waals surface area contributed by atoms with Crippen molar-refractivity contribution in [3.05, 3.63) is 66.4 Å². The van der Waals surface area contributed by atoms with E-state index in [1.165, 1.54) is 23.1 Å². The molecular formula is C18H13N3OS3. The second kappa shape index (κ2) is 6.95. The van der Waals surface area contributed by atoms with Gasteiger partial charge in [-0.3, -0.25) is 4.79 Å². The van der Waals surface area contributed by atoms with E-state index in [0.717, 1.165) is 29.4 Å². The Morgan fingerprint density at radius 1 is 0.960 bits per heavy atom. The van der Waals surface area contributed by atoms with Gasteiger partial charge in [-0.1, -0.05) is 71.3 Å². The molecule has 124 valence electrons. The van der Waals surface area contributed by atoms with Crippen LogP contribution in [0.25, 0.3) is 10.3 Å². The summed E-state index contributed by atoms with van der Waals surface area (Å²) in [5, 5.41) is 0. The summed E-state index contributed by atoms with van der Waals surface area (Å²) in [6.45, 7) is 0. The van der Waals surface area contributed by atoms with Crippen LogP contribution >= 0.6 is 34.9 Å². The molecule has 7 heteroatoms. The summed E-state index contributed by atoms with van der Waals surface area (Å²) in [4.78, 5) is 23.5. The first-order chi connectivity index (χ1) is 12.2. The smallest absolute Gasteiger partial charge is 0.266 e. The molecule has 0 unspecified atom stereocenters. The number of thiazole rings is 1. The summed E-state index contributed by atoms with van der Waals surface area (Å²) in [6, 6.07) is 20.0. The number of carbonyl (C=O) groups is 1. The van der Waals surface area contributed by atoms with Crippen LogP contribution in [-0.4, -0.2) is 15.9 Å². The van der Waals surface area contributed by atoms with Crippen molar-refractivity contribution in [2.24, 2.45) is 5.73 Å². The first-order valence-corrected chi connectivity index (χ1v) is 9.94. The van der Waals surface area contributed by atoms with Crippen LogP contribution in [0.15, 0.2) is 79.7 Å². The summed E-state index contributed by atoms with van der Waals surface area (Å²) in [5.74, 6) is -0.471. The van der Waals surface area contributed by atoms with E-state index in [1.807, 2.05) is 48.5 Å². The second-order valence-electron chi connectivity index (χ2n) is 5.18. The molecule has 1 amide bonds. The second-order valence-corrected chi connectivity index (χ2v) is 8.58. The lowest BCUT2D eigenvalue weighted by Gasteiger charge is -2.01. The van der Waals surface area contributed by atoms with E-state index in [-0.39, 0.29) is 0 Å². The van der Waals surface area contributed by atoms with Crippen molar-refractivity contribution in [3.63, 3.8) is 0 Å². The lowest BCUT2D eigenvalue weighted by Crippen LogP contribution is -2.12. The molecular weight excluding hydrogens is 370 g/mol. The van der Waals surface area contributed by atoms with Crippen LogP contribution in [0, 0.1) is 0 Å². The van der Waals surface area contributed by atoms with E-state index in [4.69, 9.17) is 10.7 Å². The van der Waals surface area contributed by atoms with Gasteiger partial charge in [0, 0.05) is 9.79 Å². The Labute approximate surface area is 156 Å². The summed E-state index contributed by atoms with van der Waals surface area (Å²) in [6.07, 6.45) is 0. The quantitative estimate of drug-likeness (QED) is 0.507. The molecule has 2 aromatic carbocycles. The highest BCUT2D eigenvalue weighted by Gasteiger charge is 2.21. The number of nitrogens with one attached hydrogen (secondary N) is 1. The highest BCUT2D eigenvalue weighted by Crippen LogP contribution is 2.41. The molecule has 0 aliphatic carbocycles. The molecule has 4 aromatic rings. The van der Waals surface area contributed by atoms with Crippen LogP contribution in [0.4, 0.5) is 0 Å². The summed E-state index contributed by atoms with van der Waals surface area (Å²) in [7, 11) is 0. The van der Waals surface area contributed by atoms with E-state index in [9.17, 15) is 4.79 Å². The van der Waals surface area contributed by atoms with Crippen molar-refractivity contribution in [1.29, 1.82) is 0 Å². The number of rotatable bonds is 5. The van der Waals surface area contributed by atoms with Gasteiger partial charge in [0.15, 0.2) is 4.34 Å². The van der Waals surface area contributed by atoms with Crippen molar-refractivity contribution in [1.82, 2.24) is 9.97 Å². The Bertz CT molecular complexity index is 1030. The maximum Gasteiger partial charge on any atom is 0.266 e. The van der Waals surface area contributed by atoms with Gasteiger partial charge in [-0.25, -0.2) is 4.98 Å². The number of fused-ring (bicyclic) bond motifs is 1. The Hall–Kier alpha value is -2.22. The molecule has 2 heterocycles. The largest absolute Gasteiger partial charge is 0.364 e. The number of hydrogen-bond acceptors (Lipinski definition) is 5. The first kappa shape index (κ1) is 16.3. The number of nitrogens with zero attached hydrogens (tertiary/aromatic N) is 1. The third-order valence-electron chi connectivity index (χ3n) is 3.45. The molecule has 0 aliphatic heterocycles. The molecule has 2 aromatic heterocycles. The molecule has 4 nitrogen and oxygen atoms in total. The zero-order valence-electron chi connectivity index (χ0n) is 12.9. The number of aromatic nitrogens is 2. The molecule has 0 spiro atoms. The third kappa shape index (κ3) is 3.44. The molecule has 3 N–H and O–H groups in total. The topological polar surface area (TPSA) is 71.8 Å². The summed E-state index contributed by atoms with van der Waals surface area (Å²) < 4.78 is 0.929. The number of amides is 1. The van der Waals surface area contributed by atoms with Crippen molar-refractivity contribution < 1.29 is 4.79 Å². The average Bonchev–Trinajstić information content (AvgIpc) is 3.15. The summed E-state index contributed by atoms with van der Waals surface area (Å²) >= 11 is 4.64. The van der Waals surface area contributed by atoms with E-state index in [2.05, 4.69) is 17.1 Å². The van der Waals surface area contributed by atoms with E-state index < -0.39 is 5.91 Å². The fourth-order valence-electron chi connectivity index (χ4n) is 2.34. The molecule has 0 fully saturated rings. The van der Waals surface area contributed by atoms with Crippen molar-refractivity contribution in [3.8, 4) is 0 Å². The third-order valence-corrected chi connectivity index (χ3v) is 6.59. The number of nitrogens with two attached hydrogens (primary N) is 1. The van der Waals surface area contributed by atoms with Gasteiger partial charge in [-0.15, -0.1) is 0 Å². The highest BCUT2D eigenvalue weighted by atomic mass is 32.2. The highest BCUT2D eigenvalue weighted by molar-refractivity contribution is 8.01. The van der Waals surface area contributed by atoms with E-state index >= 15 is 0 Å². The lowest BCUT2D eigenvalue weighted by molar-refractivity contribution is 0.0993. The Morgan fingerprint density at radius 2 is 1.56 bits per heavy atom. The minimum atomic E-state index is -0.471. The predicted molar refractivity (Wildman–Crippen MR) is 104 cm³/mol. The fraction of sp³-hybridized carbons (Fsp3) is 0. The van der Waals surface area contributed by atoms with Gasteiger partial charge < -0.3 is 10.7 Å². The molecule has 0 atom stereocenters. The van der Waals surface area contributed by atoms with Crippen molar-refractivity contribution >= 4 is 51.1 Å². The number of benzene rings is 2. The maximum absolute atomic E-state index is 11.8. The van der Waals surface area contributed by atoms with E-state index in [1.54, 1.807) is 11.8 Å². The molecule has 0 aliphatic rings. The molecule has 25 heavy (non-hydrogen) atoms. The zero-order valence-corrected chi connectivity index (χ0v) is 15.4. The van der Waals surface area contributed by atoms with Gasteiger partial charge in [-0.2, -0.15) is 0 Å². The minimum absolute atomic E-state index is 0.416. The van der Waals surface area contributed by atoms with Crippen LogP contribution in [0.5, 0.6) is 0 Å². The summed E-state index contributed by atoms with van der Waals surface area (Å²) in [5.41, 5.74) is 6.75. The van der Waals surface area contributed by atoms with Gasteiger partial charge >= 0.3 is 0 Å². The SMILES string of the molecule is NC(=O)c1[nH]c2sc(Sc3ccccc3)nc2c1Sc1ccccc1. The van der Waals surface area contributed by atoms with Crippen LogP contribution in [0.2, 0.25) is 0 Å². The van der Waals surface area contributed by atoms with E-state index in [0.29, 0.717) is 5.69 Å². The predicted octanol–water partition coefficient (Wildman–Crippen LogP) is 5.03. The Kier molecular flexibility index (Phi) is 4.52. The van der Waals surface area contributed by atoms with Crippen molar-refractivity contribution in [2.75, 3.05) is 0 Å². The van der Waals surface area contributed by atoms with Gasteiger partial charge in [0.2, 0.25) is 0 Å². The van der Waals surface area contributed by atoms with Crippen LogP contribution < -0.4 is 5.73 Å². The standard InChI is InChI=1S/C18H13N3OS3/c19-16(22)13-15(23-11-7-3-1-4-8-11)14-17(20-13)25-18(21-14)24-12-9-5-2-6-10-12/h1-10,20H,(H2,19,22). The lowest BCUT2D eigenvalue weighted by atomic mass is 10.4. The van der Waals surface area contributed by atoms with Gasteiger partial charge in [0.1, 0.15) is 16.0 Å². The fourth-order valence-corrected chi connectivity index (χ4v) is 5.48. The van der Waals surface area contributed by atoms with Gasteiger partial charge in [0.05, 0.1) is 4.90 Å². The van der Waals surface area contributed by atoms with Crippen molar-refractivity contribution in [2.45, 2.75) is 19.0 Å².